The molecule has 0 spiro atoms. The first kappa shape index (κ1) is 25.6. The molecule has 0 saturated carbocycles. The standard InChI is InChI=1S/C18H25ClF3N5O.HI/c1-23-17(24-10-16(28)26(2)12-18(20,21)22)25-13-6-5-9-27(11-13)15-8-4-3-7-14(15)19;/h3-4,7-8,13H,5-6,9-12H2,1-2H3,(H2,23,24,25);1H. The molecule has 1 saturated heterocycles. The first-order valence-corrected chi connectivity index (χ1v) is 9.35. The number of likely N-dealkylation sites (N-methyl/N-ethyl adjacent to an activating group) is 1. The lowest BCUT2D eigenvalue weighted by Crippen LogP contribution is -2.52. The maximum atomic E-state index is 12.4. The Morgan fingerprint density at radius 3 is 2.69 bits per heavy atom. The van der Waals surface area contributed by atoms with Crippen LogP contribution in [-0.2, 0) is 4.79 Å². The third kappa shape index (κ3) is 8.45. The van der Waals surface area contributed by atoms with Crippen LogP contribution in [-0.4, -0.2) is 69.3 Å². The van der Waals surface area contributed by atoms with Crippen molar-refractivity contribution in [2.75, 3.05) is 45.2 Å². The maximum absolute atomic E-state index is 12.4. The number of rotatable bonds is 5. The van der Waals surface area contributed by atoms with E-state index in [1.807, 2.05) is 24.3 Å². The Bertz CT molecular complexity index is 704. The number of nitrogens with zero attached hydrogens (tertiary/aromatic N) is 3. The summed E-state index contributed by atoms with van der Waals surface area (Å²) in [5.41, 5.74) is 0.961. The Hall–Kier alpha value is -1.43. The Morgan fingerprint density at radius 2 is 2.07 bits per heavy atom. The highest BCUT2D eigenvalue weighted by Crippen LogP contribution is 2.27. The topological polar surface area (TPSA) is 60.0 Å². The quantitative estimate of drug-likeness (QED) is 0.338. The van der Waals surface area contributed by atoms with Crippen LogP contribution in [0.25, 0.3) is 0 Å². The van der Waals surface area contributed by atoms with Crippen molar-refractivity contribution in [2.45, 2.75) is 25.1 Å². The highest BCUT2D eigenvalue weighted by Gasteiger charge is 2.31. The fourth-order valence-corrected chi connectivity index (χ4v) is 3.32. The molecule has 0 bridgehead atoms. The summed E-state index contributed by atoms with van der Waals surface area (Å²) in [6.07, 6.45) is -2.56. The third-order valence-electron chi connectivity index (χ3n) is 4.43. The minimum absolute atomic E-state index is 0. The second-order valence-electron chi connectivity index (χ2n) is 6.67. The predicted octanol–water partition coefficient (Wildman–Crippen LogP) is 3.11. The molecule has 2 rings (SSSR count). The van der Waals surface area contributed by atoms with Crippen LogP contribution in [0.3, 0.4) is 0 Å². The molecule has 6 nitrogen and oxygen atoms in total. The number of guanidine groups is 1. The van der Waals surface area contributed by atoms with Gasteiger partial charge < -0.3 is 20.4 Å². The minimum Gasteiger partial charge on any atom is -0.368 e. The molecule has 164 valence electrons. The fourth-order valence-electron chi connectivity index (χ4n) is 3.06. The zero-order valence-corrected chi connectivity index (χ0v) is 19.4. The number of carbonyl (C=O) groups excluding carboxylic acids is 1. The Morgan fingerprint density at radius 1 is 1.38 bits per heavy atom. The van der Waals surface area contributed by atoms with Crippen LogP contribution in [0.15, 0.2) is 29.3 Å². The smallest absolute Gasteiger partial charge is 0.368 e. The van der Waals surface area contributed by atoms with E-state index >= 15 is 0 Å². The second kappa shape index (κ2) is 11.7. The van der Waals surface area contributed by atoms with Gasteiger partial charge in [-0.15, -0.1) is 24.0 Å². The molecule has 11 heteroatoms. The zero-order valence-electron chi connectivity index (χ0n) is 16.3. The lowest BCUT2D eigenvalue weighted by atomic mass is 10.0. The molecule has 1 unspecified atom stereocenters. The van der Waals surface area contributed by atoms with E-state index in [0.29, 0.717) is 22.4 Å². The number of hydrogen-bond acceptors (Lipinski definition) is 3. The van der Waals surface area contributed by atoms with Crippen LogP contribution in [0.2, 0.25) is 5.02 Å². The average molecular weight is 548 g/mol. The molecule has 0 aliphatic carbocycles. The highest BCUT2D eigenvalue weighted by atomic mass is 127. The molecule has 1 aromatic carbocycles. The second-order valence-corrected chi connectivity index (χ2v) is 7.08. The number of halogens is 5. The number of amides is 1. The molecule has 1 aliphatic heterocycles. The summed E-state index contributed by atoms with van der Waals surface area (Å²) in [4.78, 5) is 18.7. The largest absolute Gasteiger partial charge is 0.406 e. The van der Waals surface area contributed by atoms with Gasteiger partial charge in [0.15, 0.2) is 5.96 Å². The van der Waals surface area contributed by atoms with Gasteiger partial charge in [-0.25, -0.2) is 0 Å². The number of benzene rings is 1. The lowest BCUT2D eigenvalue weighted by Gasteiger charge is -2.35. The molecule has 1 atom stereocenters. The summed E-state index contributed by atoms with van der Waals surface area (Å²) in [5, 5.41) is 6.70. The molecule has 1 fully saturated rings. The summed E-state index contributed by atoms with van der Waals surface area (Å²) < 4.78 is 37.1. The summed E-state index contributed by atoms with van der Waals surface area (Å²) in [7, 11) is 2.67. The number of para-hydroxylation sites is 1. The van der Waals surface area contributed by atoms with E-state index in [1.54, 1.807) is 7.05 Å². The minimum atomic E-state index is -4.42. The first-order chi connectivity index (χ1) is 13.2. The van der Waals surface area contributed by atoms with Gasteiger partial charge in [0.2, 0.25) is 5.91 Å². The van der Waals surface area contributed by atoms with Gasteiger partial charge in [0.25, 0.3) is 0 Å². The number of hydrogen-bond donors (Lipinski definition) is 2. The van der Waals surface area contributed by atoms with E-state index in [2.05, 4.69) is 20.5 Å². The summed E-state index contributed by atoms with van der Waals surface area (Å²) in [6.45, 7) is 0.0309. The van der Waals surface area contributed by atoms with E-state index in [9.17, 15) is 18.0 Å². The SMILES string of the molecule is CN=C(NCC(=O)N(C)CC(F)(F)F)NC1CCCN(c2ccccc2Cl)C1.I. The van der Waals surface area contributed by atoms with Crippen LogP contribution in [0, 0.1) is 0 Å². The summed E-state index contributed by atoms with van der Waals surface area (Å²) >= 11 is 6.28. The van der Waals surface area contributed by atoms with Crippen molar-refractivity contribution in [3.8, 4) is 0 Å². The van der Waals surface area contributed by atoms with Crippen molar-refractivity contribution in [3.05, 3.63) is 29.3 Å². The normalized spacial score (nSPS) is 17.4. The van der Waals surface area contributed by atoms with E-state index in [4.69, 9.17) is 11.6 Å². The van der Waals surface area contributed by atoms with Crippen molar-refractivity contribution in [1.82, 2.24) is 15.5 Å². The van der Waals surface area contributed by atoms with Gasteiger partial charge in [0, 0.05) is 33.2 Å². The van der Waals surface area contributed by atoms with Gasteiger partial charge in [-0.2, -0.15) is 13.2 Å². The molecule has 1 amide bonds. The van der Waals surface area contributed by atoms with E-state index < -0.39 is 18.6 Å². The fraction of sp³-hybridized carbons (Fsp3) is 0.556. The molecule has 0 aromatic heterocycles. The number of piperidine rings is 1. The van der Waals surface area contributed by atoms with Gasteiger partial charge in [-0.3, -0.25) is 9.79 Å². The predicted molar refractivity (Wildman–Crippen MR) is 120 cm³/mol. The Labute approximate surface area is 190 Å². The van der Waals surface area contributed by atoms with Gasteiger partial charge in [0.1, 0.15) is 6.54 Å². The van der Waals surface area contributed by atoms with Gasteiger partial charge in [-0.1, -0.05) is 23.7 Å². The van der Waals surface area contributed by atoms with Crippen molar-refractivity contribution in [2.24, 2.45) is 4.99 Å². The molecular weight excluding hydrogens is 522 g/mol. The van der Waals surface area contributed by atoms with Gasteiger partial charge >= 0.3 is 6.18 Å². The van der Waals surface area contributed by atoms with Gasteiger partial charge in [0.05, 0.1) is 17.3 Å². The van der Waals surface area contributed by atoms with Gasteiger partial charge in [-0.05, 0) is 25.0 Å². The highest BCUT2D eigenvalue weighted by molar-refractivity contribution is 14.0. The molecule has 1 aliphatic rings. The third-order valence-corrected chi connectivity index (χ3v) is 4.75. The summed E-state index contributed by atoms with van der Waals surface area (Å²) in [6, 6.07) is 7.69. The summed E-state index contributed by atoms with van der Waals surface area (Å²) in [5.74, 6) is -0.290. The van der Waals surface area contributed by atoms with Crippen LogP contribution in [0.5, 0.6) is 0 Å². The maximum Gasteiger partial charge on any atom is 0.406 e. The molecule has 1 heterocycles. The van der Waals surface area contributed by atoms with Crippen LogP contribution in [0.1, 0.15) is 12.8 Å². The van der Waals surface area contributed by atoms with E-state index in [0.717, 1.165) is 32.1 Å². The molecule has 29 heavy (non-hydrogen) atoms. The first-order valence-electron chi connectivity index (χ1n) is 8.97. The molecule has 2 N–H and O–H groups in total. The monoisotopic (exact) mass is 547 g/mol. The van der Waals surface area contributed by atoms with E-state index in [1.165, 1.54) is 0 Å². The van der Waals surface area contributed by atoms with Crippen molar-refractivity contribution in [1.29, 1.82) is 0 Å². The lowest BCUT2D eigenvalue weighted by molar-refractivity contribution is -0.157. The number of alkyl halides is 3. The Kier molecular flexibility index (Phi) is 10.3. The molecule has 0 radical (unpaired) electrons. The number of carbonyl (C=O) groups is 1. The van der Waals surface area contributed by atoms with Crippen molar-refractivity contribution < 1.29 is 18.0 Å². The number of nitrogens with one attached hydrogen (secondary N) is 2. The average Bonchev–Trinajstić information content (AvgIpc) is 2.64. The van der Waals surface area contributed by atoms with Crippen LogP contribution < -0.4 is 15.5 Å². The number of aliphatic imine (C=N–C) groups is 1. The number of anilines is 1. The zero-order chi connectivity index (χ0) is 20.7. The Balaban J connectivity index is 0.00000420. The molecule has 1 aromatic rings. The van der Waals surface area contributed by atoms with Crippen LogP contribution in [0.4, 0.5) is 18.9 Å². The van der Waals surface area contributed by atoms with Crippen molar-refractivity contribution in [3.63, 3.8) is 0 Å². The molecular formula is C18H26ClF3IN5O. The van der Waals surface area contributed by atoms with Crippen molar-refractivity contribution >= 4 is 53.1 Å². The van der Waals surface area contributed by atoms with E-state index in [-0.39, 0.29) is 36.6 Å². The van der Waals surface area contributed by atoms with Crippen LogP contribution >= 0.6 is 35.6 Å².